The summed E-state index contributed by atoms with van der Waals surface area (Å²) >= 11 is 0. The zero-order valence-corrected chi connectivity index (χ0v) is 14.3. The summed E-state index contributed by atoms with van der Waals surface area (Å²) in [5.74, 6) is 0.474. The first-order chi connectivity index (χ1) is 12.6. The third-order valence-corrected chi connectivity index (χ3v) is 4.36. The number of ether oxygens (including phenoxy) is 1. The lowest BCUT2D eigenvalue weighted by atomic mass is 10.0. The summed E-state index contributed by atoms with van der Waals surface area (Å²) in [4.78, 5) is 29.6. The van der Waals surface area contributed by atoms with E-state index >= 15 is 0 Å². The van der Waals surface area contributed by atoms with Crippen LogP contribution in [0, 0.1) is 0 Å². The number of hydrogen-bond acceptors (Lipinski definition) is 6. The first kappa shape index (κ1) is 16.1. The van der Waals surface area contributed by atoms with Gasteiger partial charge in [-0.3, -0.25) is 4.79 Å². The molecule has 0 saturated carbocycles. The molecule has 3 aromatic rings. The summed E-state index contributed by atoms with van der Waals surface area (Å²) in [7, 11) is 0. The van der Waals surface area contributed by atoms with E-state index in [0.717, 1.165) is 5.69 Å². The Bertz CT molecular complexity index is 1040. The number of anilines is 2. The molecule has 3 heterocycles. The molecule has 0 aliphatic carbocycles. The molecular weight excluding hydrogens is 334 g/mol. The maximum absolute atomic E-state index is 13.0. The molecule has 1 aliphatic rings. The molecule has 8 heteroatoms. The standard InChI is InChI=1S/C18H17N5O3/c1-3-26-17(25)13-9-22(12-7-5-4-6-8-12)16-14(15(13)24)11(2)23-18(21-16)19-10-20-23/h4-11H,3H2,1-2H3,(H,19,20,21). The number of rotatable bonds is 3. The fourth-order valence-electron chi connectivity index (χ4n) is 3.15. The van der Waals surface area contributed by atoms with Crippen molar-refractivity contribution in [3.05, 3.63) is 64.2 Å². The molecule has 26 heavy (non-hydrogen) atoms. The Kier molecular flexibility index (Phi) is 3.80. The van der Waals surface area contributed by atoms with E-state index < -0.39 is 5.97 Å². The van der Waals surface area contributed by atoms with E-state index in [2.05, 4.69) is 15.4 Å². The van der Waals surface area contributed by atoms with Crippen molar-refractivity contribution in [2.45, 2.75) is 19.9 Å². The summed E-state index contributed by atoms with van der Waals surface area (Å²) in [6, 6.07) is 9.09. The molecule has 0 spiro atoms. The number of nitrogens with zero attached hydrogens (tertiary/aromatic N) is 4. The van der Waals surface area contributed by atoms with E-state index in [9.17, 15) is 9.59 Å². The van der Waals surface area contributed by atoms with Gasteiger partial charge in [-0.1, -0.05) is 18.2 Å². The van der Waals surface area contributed by atoms with Crippen molar-refractivity contribution in [1.82, 2.24) is 19.3 Å². The highest BCUT2D eigenvalue weighted by molar-refractivity contribution is 5.90. The number of carbonyl (C=O) groups is 1. The molecule has 1 atom stereocenters. The Hall–Kier alpha value is -3.42. The van der Waals surface area contributed by atoms with Crippen LogP contribution in [0.5, 0.6) is 0 Å². The van der Waals surface area contributed by atoms with Gasteiger partial charge in [0.15, 0.2) is 0 Å². The number of hydrogen-bond donors (Lipinski definition) is 1. The lowest BCUT2D eigenvalue weighted by Crippen LogP contribution is -2.32. The molecule has 1 N–H and O–H groups in total. The Balaban J connectivity index is 2.01. The molecule has 0 bridgehead atoms. The molecule has 1 aliphatic heterocycles. The largest absolute Gasteiger partial charge is 0.462 e. The normalized spacial score (nSPS) is 14.9. The van der Waals surface area contributed by atoms with Crippen molar-refractivity contribution in [2.75, 3.05) is 11.9 Å². The van der Waals surface area contributed by atoms with E-state index in [1.807, 2.05) is 37.3 Å². The van der Waals surface area contributed by atoms with Gasteiger partial charge in [-0.25, -0.2) is 9.48 Å². The molecule has 2 aromatic heterocycles. The number of fused-ring (bicyclic) bond motifs is 2. The van der Waals surface area contributed by atoms with Crippen molar-refractivity contribution >= 4 is 17.7 Å². The molecule has 8 nitrogen and oxygen atoms in total. The molecule has 0 radical (unpaired) electrons. The average molecular weight is 351 g/mol. The van der Waals surface area contributed by atoms with E-state index in [-0.39, 0.29) is 23.6 Å². The second-order valence-corrected chi connectivity index (χ2v) is 5.89. The minimum Gasteiger partial charge on any atom is -0.462 e. The van der Waals surface area contributed by atoms with Crippen LogP contribution in [0.4, 0.5) is 11.8 Å². The SMILES string of the molecule is CCOC(=O)c1cn(-c2ccccc2)c2c(c1=O)C(C)n1ncnc1N2. The minimum absolute atomic E-state index is 0.00771. The first-order valence-corrected chi connectivity index (χ1v) is 8.30. The van der Waals surface area contributed by atoms with Crippen LogP contribution in [-0.4, -0.2) is 31.9 Å². The minimum atomic E-state index is -0.637. The number of aromatic nitrogens is 4. The highest BCUT2D eigenvalue weighted by Crippen LogP contribution is 2.33. The highest BCUT2D eigenvalue weighted by Gasteiger charge is 2.31. The molecule has 0 saturated heterocycles. The quantitative estimate of drug-likeness (QED) is 0.728. The number of pyridine rings is 1. The van der Waals surface area contributed by atoms with E-state index in [1.54, 1.807) is 16.2 Å². The number of esters is 1. The van der Waals surface area contributed by atoms with Crippen molar-refractivity contribution in [3.8, 4) is 5.69 Å². The number of nitrogens with one attached hydrogen (secondary N) is 1. The lowest BCUT2D eigenvalue weighted by molar-refractivity contribution is 0.0524. The predicted octanol–water partition coefficient (Wildman–Crippen LogP) is 2.27. The zero-order valence-electron chi connectivity index (χ0n) is 14.3. The maximum Gasteiger partial charge on any atom is 0.343 e. The number of para-hydroxylation sites is 1. The second kappa shape index (κ2) is 6.14. The van der Waals surface area contributed by atoms with Crippen molar-refractivity contribution in [2.24, 2.45) is 0 Å². The fraction of sp³-hybridized carbons (Fsp3) is 0.222. The van der Waals surface area contributed by atoms with Gasteiger partial charge in [0, 0.05) is 11.9 Å². The van der Waals surface area contributed by atoms with Crippen LogP contribution in [-0.2, 0) is 4.74 Å². The third-order valence-electron chi connectivity index (χ3n) is 4.36. The zero-order chi connectivity index (χ0) is 18.3. The predicted molar refractivity (Wildman–Crippen MR) is 95.1 cm³/mol. The summed E-state index contributed by atoms with van der Waals surface area (Å²) in [5, 5.41) is 7.33. The van der Waals surface area contributed by atoms with Gasteiger partial charge >= 0.3 is 5.97 Å². The van der Waals surface area contributed by atoms with Crippen LogP contribution in [0.1, 0.15) is 35.8 Å². The van der Waals surface area contributed by atoms with Crippen LogP contribution in [0.3, 0.4) is 0 Å². The lowest BCUT2D eigenvalue weighted by Gasteiger charge is -2.27. The van der Waals surface area contributed by atoms with E-state index in [0.29, 0.717) is 17.3 Å². The summed E-state index contributed by atoms with van der Waals surface area (Å²) in [6.07, 6.45) is 2.94. The van der Waals surface area contributed by atoms with E-state index in [4.69, 9.17) is 4.74 Å². The molecule has 0 fully saturated rings. The highest BCUT2D eigenvalue weighted by atomic mass is 16.5. The monoisotopic (exact) mass is 351 g/mol. The molecular formula is C18H17N5O3. The van der Waals surface area contributed by atoms with Gasteiger partial charge in [0.2, 0.25) is 11.4 Å². The third kappa shape index (κ3) is 2.38. The van der Waals surface area contributed by atoms with Crippen LogP contribution in [0.25, 0.3) is 5.69 Å². The van der Waals surface area contributed by atoms with Crippen molar-refractivity contribution in [3.63, 3.8) is 0 Å². The van der Waals surface area contributed by atoms with Gasteiger partial charge in [0.1, 0.15) is 17.7 Å². The van der Waals surface area contributed by atoms with Crippen LogP contribution in [0.2, 0.25) is 0 Å². The topological polar surface area (TPSA) is 91.0 Å². The van der Waals surface area contributed by atoms with Crippen molar-refractivity contribution < 1.29 is 9.53 Å². The number of benzene rings is 1. The van der Waals surface area contributed by atoms with Gasteiger partial charge in [0.05, 0.1) is 18.2 Å². The summed E-state index contributed by atoms with van der Waals surface area (Å²) < 4.78 is 8.47. The molecule has 1 unspecified atom stereocenters. The van der Waals surface area contributed by atoms with Gasteiger partial charge in [-0.05, 0) is 26.0 Å². The molecule has 4 rings (SSSR count). The van der Waals surface area contributed by atoms with Gasteiger partial charge in [0.25, 0.3) is 0 Å². The van der Waals surface area contributed by atoms with Gasteiger partial charge < -0.3 is 14.6 Å². The first-order valence-electron chi connectivity index (χ1n) is 8.30. The molecule has 1 aromatic carbocycles. The Labute approximate surface area is 149 Å². The Morgan fingerprint density at radius 2 is 2.08 bits per heavy atom. The van der Waals surface area contributed by atoms with Gasteiger partial charge in [-0.15, -0.1) is 0 Å². The summed E-state index contributed by atoms with van der Waals surface area (Å²) in [5.41, 5.74) is 0.873. The van der Waals surface area contributed by atoms with Crippen LogP contribution < -0.4 is 10.7 Å². The molecule has 0 amide bonds. The smallest absolute Gasteiger partial charge is 0.343 e. The maximum atomic E-state index is 13.0. The van der Waals surface area contributed by atoms with E-state index in [1.165, 1.54) is 12.5 Å². The Morgan fingerprint density at radius 3 is 2.81 bits per heavy atom. The van der Waals surface area contributed by atoms with Crippen LogP contribution >= 0.6 is 0 Å². The second-order valence-electron chi connectivity index (χ2n) is 5.89. The van der Waals surface area contributed by atoms with Crippen LogP contribution in [0.15, 0.2) is 47.7 Å². The summed E-state index contributed by atoms with van der Waals surface area (Å²) in [6.45, 7) is 3.75. The fourth-order valence-corrected chi connectivity index (χ4v) is 3.15. The Morgan fingerprint density at radius 1 is 1.31 bits per heavy atom. The number of carbonyl (C=O) groups excluding carboxylic acids is 1. The average Bonchev–Trinajstić information content (AvgIpc) is 3.12. The van der Waals surface area contributed by atoms with Crippen molar-refractivity contribution in [1.29, 1.82) is 0 Å². The van der Waals surface area contributed by atoms with Gasteiger partial charge in [-0.2, -0.15) is 10.1 Å². The molecule has 132 valence electrons.